The molecule has 1 saturated heterocycles. The van der Waals surface area contributed by atoms with Crippen molar-refractivity contribution < 1.29 is 9.53 Å². The molecule has 6 rings (SSSR count). The molecule has 1 N–H and O–H groups in total. The normalized spacial score (nSPS) is 16.2. The zero-order chi connectivity index (χ0) is 21.8. The predicted octanol–water partition coefficient (Wildman–Crippen LogP) is 3.01. The largest absolute Gasteiger partial charge is 0.381 e. The SMILES string of the molecule is C.Cc1cc2c(cc1C(=O)N1CCc3cccnc31)[nH]c(=O)c1nnc(C3CCOCC3)n12. The van der Waals surface area contributed by atoms with Crippen LogP contribution in [0.3, 0.4) is 0 Å². The average Bonchev–Trinajstić information content (AvgIpc) is 3.45. The third kappa shape index (κ3) is 3.31. The van der Waals surface area contributed by atoms with Crippen LogP contribution in [0.5, 0.6) is 0 Å². The van der Waals surface area contributed by atoms with Crippen LogP contribution >= 0.6 is 0 Å². The summed E-state index contributed by atoms with van der Waals surface area (Å²) in [6.07, 6.45) is 4.17. The van der Waals surface area contributed by atoms with E-state index in [1.807, 2.05) is 29.5 Å². The molecular weight excluding hydrogens is 420 g/mol. The Bertz CT molecular complexity index is 1430. The van der Waals surface area contributed by atoms with Gasteiger partial charge in [-0.3, -0.25) is 18.9 Å². The van der Waals surface area contributed by atoms with E-state index in [1.165, 1.54) is 0 Å². The highest BCUT2D eigenvalue weighted by atomic mass is 16.5. The number of benzene rings is 1. The predicted molar refractivity (Wildman–Crippen MR) is 125 cm³/mol. The quantitative estimate of drug-likeness (QED) is 0.507. The third-order valence-corrected chi connectivity index (χ3v) is 6.51. The van der Waals surface area contributed by atoms with Gasteiger partial charge in [0, 0.05) is 37.4 Å². The number of carbonyl (C=O) groups is 1. The van der Waals surface area contributed by atoms with Crippen LogP contribution in [-0.4, -0.2) is 50.2 Å². The lowest BCUT2D eigenvalue weighted by atomic mass is 9.99. The number of anilines is 1. The second-order valence-corrected chi connectivity index (χ2v) is 8.44. The first-order valence-electron chi connectivity index (χ1n) is 10.9. The Morgan fingerprint density at radius 1 is 1.21 bits per heavy atom. The van der Waals surface area contributed by atoms with Gasteiger partial charge in [-0.25, -0.2) is 4.98 Å². The maximum Gasteiger partial charge on any atom is 0.294 e. The standard InChI is InChI=1S/C23H22N6O3.CH4/c1-13-11-18-17(12-16(13)23(31)28-8-4-14-3-2-7-24-19(14)28)25-22(30)21-27-26-20(29(18)21)15-5-9-32-10-6-15;/h2-3,7,11-12,15H,4-6,8-10H2,1H3,(H,25,30);1H4. The molecule has 170 valence electrons. The molecule has 2 aliphatic rings. The molecule has 1 fully saturated rings. The summed E-state index contributed by atoms with van der Waals surface area (Å²) in [7, 11) is 0. The highest BCUT2D eigenvalue weighted by Gasteiger charge is 2.29. The summed E-state index contributed by atoms with van der Waals surface area (Å²) in [4.78, 5) is 35.2. The van der Waals surface area contributed by atoms with Crippen molar-refractivity contribution in [3.8, 4) is 0 Å². The Labute approximate surface area is 190 Å². The number of aromatic amines is 1. The molecular formula is C24H26N6O3. The van der Waals surface area contributed by atoms with E-state index in [-0.39, 0.29) is 30.5 Å². The second kappa shape index (κ2) is 8.08. The third-order valence-electron chi connectivity index (χ3n) is 6.51. The number of carbonyl (C=O) groups excluding carboxylic acids is 1. The van der Waals surface area contributed by atoms with Crippen molar-refractivity contribution in [3.63, 3.8) is 0 Å². The molecule has 1 aromatic carbocycles. The first-order valence-corrected chi connectivity index (χ1v) is 10.9. The van der Waals surface area contributed by atoms with Crippen LogP contribution in [0.15, 0.2) is 35.3 Å². The van der Waals surface area contributed by atoms with Gasteiger partial charge in [0.2, 0.25) is 5.65 Å². The summed E-state index contributed by atoms with van der Waals surface area (Å²) in [6, 6.07) is 7.59. The van der Waals surface area contributed by atoms with Crippen molar-refractivity contribution >= 4 is 28.4 Å². The number of aryl methyl sites for hydroxylation is 1. The van der Waals surface area contributed by atoms with E-state index in [0.29, 0.717) is 36.7 Å². The number of nitrogens with zero attached hydrogens (tertiary/aromatic N) is 5. The van der Waals surface area contributed by atoms with E-state index in [4.69, 9.17) is 4.74 Å². The van der Waals surface area contributed by atoms with Gasteiger partial charge in [-0.1, -0.05) is 13.5 Å². The average molecular weight is 447 g/mol. The maximum atomic E-state index is 13.4. The maximum absolute atomic E-state index is 13.4. The van der Waals surface area contributed by atoms with Gasteiger partial charge in [-0.2, -0.15) is 0 Å². The molecule has 0 bridgehead atoms. The number of amides is 1. The summed E-state index contributed by atoms with van der Waals surface area (Å²) in [5.74, 6) is 1.55. The molecule has 9 nitrogen and oxygen atoms in total. The Kier molecular flexibility index (Phi) is 5.20. The summed E-state index contributed by atoms with van der Waals surface area (Å²) in [6.45, 7) is 3.85. The van der Waals surface area contributed by atoms with Gasteiger partial charge in [-0.15, -0.1) is 10.2 Å². The molecule has 0 radical (unpaired) electrons. The van der Waals surface area contributed by atoms with Gasteiger partial charge in [-0.05, 0) is 55.5 Å². The van der Waals surface area contributed by atoms with Crippen LogP contribution < -0.4 is 10.5 Å². The van der Waals surface area contributed by atoms with Crippen LogP contribution in [0.1, 0.15) is 53.5 Å². The monoisotopic (exact) mass is 446 g/mol. The summed E-state index contributed by atoms with van der Waals surface area (Å²) >= 11 is 0. The minimum absolute atomic E-state index is 0. The molecule has 0 unspecified atom stereocenters. The highest BCUT2D eigenvalue weighted by Crippen LogP contribution is 2.30. The second-order valence-electron chi connectivity index (χ2n) is 8.44. The van der Waals surface area contributed by atoms with Crippen molar-refractivity contribution in [2.45, 2.75) is 39.5 Å². The van der Waals surface area contributed by atoms with Crippen molar-refractivity contribution in [2.24, 2.45) is 0 Å². The Morgan fingerprint density at radius 2 is 2.03 bits per heavy atom. The fraction of sp³-hybridized carbons (Fsp3) is 0.375. The lowest BCUT2D eigenvalue weighted by molar-refractivity contribution is 0.0834. The van der Waals surface area contributed by atoms with Gasteiger partial charge in [0.1, 0.15) is 11.6 Å². The molecule has 4 aromatic rings. The Balaban J connectivity index is 0.00000228. The van der Waals surface area contributed by atoms with Crippen molar-refractivity contribution in [2.75, 3.05) is 24.7 Å². The summed E-state index contributed by atoms with van der Waals surface area (Å²) in [5.41, 5.74) is 3.78. The summed E-state index contributed by atoms with van der Waals surface area (Å²) in [5, 5.41) is 8.52. The number of ether oxygens (including phenoxy) is 1. The van der Waals surface area contributed by atoms with Crippen LogP contribution in [0.2, 0.25) is 0 Å². The first-order chi connectivity index (χ1) is 15.6. The van der Waals surface area contributed by atoms with Gasteiger partial charge < -0.3 is 9.72 Å². The lowest BCUT2D eigenvalue weighted by Crippen LogP contribution is -2.30. The smallest absolute Gasteiger partial charge is 0.294 e. The molecule has 0 spiro atoms. The van der Waals surface area contributed by atoms with E-state index in [0.717, 1.165) is 41.7 Å². The van der Waals surface area contributed by atoms with E-state index in [9.17, 15) is 9.59 Å². The Hall–Kier alpha value is -3.59. The van der Waals surface area contributed by atoms with Gasteiger partial charge in [0.15, 0.2) is 0 Å². The fourth-order valence-corrected chi connectivity index (χ4v) is 4.84. The van der Waals surface area contributed by atoms with Gasteiger partial charge in [0.25, 0.3) is 11.5 Å². The van der Waals surface area contributed by atoms with Crippen LogP contribution in [0.25, 0.3) is 16.7 Å². The van der Waals surface area contributed by atoms with Gasteiger partial charge in [0.05, 0.1) is 11.0 Å². The molecule has 1 amide bonds. The number of aromatic nitrogens is 5. The van der Waals surface area contributed by atoms with Crippen molar-refractivity contribution in [1.82, 2.24) is 24.6 Å². The van der Waals surface area contributed by atoms with Crippen LogP contribution in [0.4, 0.5) is 5.82 Å². The molecule has 0 saturated carbocycles. The number of hydrogen-bond acceptors (Lipinski definition) is 6. The number of pyridine rings is 1. The molecule has 2 aliphatic heterocycles. The minimum atomic E-state index is -0.321. The van der Waals surface area contributed by atoms with E-state index >= 15 is 0 Å². The molecule has 9 heteroatoms. The summed E-state index contributed by atoms with van der Waals surface area (Å²) < 4.78 is 7.33. The highest BCUT2D eigenvalue weighted by molar-refractivity contribution is 6.09. The zero-order valence-corrected chi connectivity index (χ0v) is 17.7. The van der Waals surface area contributed by atoms with Crippen molar-refractivity contribution in [3.05, 3.63) is 63.3 Å². The molecule has 0 aliphatic carbocycles. The van der Waals surface area contributed by atoms with E-state index in [1.54, 1.807) is 17.2 Å². The Morgan fingerprint density at radius 3 is 2.85 bits per heavy atom. The zero-order valence-electron chi connectivity index (χ0n) is 17.7. The number of rotatable bonds is 2. The van der Waals surface area contributed by atoms with Crippen molar-refractivity contribution in [1.29, 1.82) is 0 Å². The molecule has 3 aromatic heterocycles. The number of fused-ring (bicyclic) bond motifs is 4. The van der Waals surface area contributed by atoms with Crippen LogP contribution in [0, 0.1) is 6.92 Å². The molecule has 0 atom stereocenters. The number of H-pyrrole nitrogens is 1. The van der Waals surface area contributed by atoms with Crippen LogP contribution in [-0.2, 0) is 11.2 Å². The number of hydrogen-bond donors (Lipinski definition) is 1. The van der Waals surface area contributed by atoms with E-state index in [2.05, 4.69) is 20.2 Å². The minimum Gasteiger partial charge on any atom is -0.381 e. The molecule has 33 heavy (non-hydrogen) atoms. The van der Waals surface area contributed by atoms with E-state index < -0.39 is 0 Å². The first kappa shape index (κ1) is 21.3. The molecule has 5 heterocycles. The number of nitrogens with one attached hydrogen (secondary N) is 1. The fourth-order valence-electron chi connectivity index (χ4n) is 4.84. The lowest BCUT2D eigenvalue weighted by Gasteiger charge is -2.21. The van der Waals surface area contributed by atoms with Gasteiger partial charge >= 0.3 is 0 Å². The topological polar surface area (TPSA) is 105 Å².